The lowest BCUT2D eigenvalue weighted by Crippen LogP contribution is -2.49. The van der Waals surface area contributed by atoms with E-state index in [0.29, 0.717) is 20.9 Å². The number of carbonyl (C=O) groups is 1. The normalized spacial score (nSPS) is 19.1. The topological polar surface area (TPSA) is 48.3 Å². The molecule has 1 atom stereocenters. The molecule has 4 rings (SSSR count). The molecule has 0 aliphatic carbocycles. The van der Waals surface area contributed by atoms with E-state index in [9.17, 15) is 4.79 Å². The van der Waals surface area contributed by atoms with Gasteiger partial charge in [0, 0.05) is 5.56 Å². The number of halogens is 1. The molecule has 1 amide bonds. The molecule has 2 aromatic rings. The molecule has 0 bridgehead atoms. The first-order valence-electron chi connectivity index (χ1n) is 7.86. The minimum absolute atomic E-state index is 0.216. The maximum Gasteiger partial charge on any atom is 0.262 e. The van der Waals surface area contributed by atoms with Crippen LogP contribution in [0.25, 0.3) is 0 Å². The standard InChI is InChI=1S/C18H13ClN4OS2/c19-11-14-21-23-17(26-14)20-15(12-7-3-1-4-8-12)22(18(23)25)16(24)13-9-5-2-6-10-13/h1-10,15H,11H2. The van der Waals surface area contributed by atoms with Crippen molar-refractivity contribution >= 4 is 56.8 Å². The number of benzene rings is 2. The number of alkyl halides is 1. The van der Waals surface area contributed by atoms with E-state index in [1.165, 1.54) is 21.7 Å². The SMILES string of the molecule is O=C(c1ccccc1)N1C(=S)N2N=C(CCl)SC2=NC1c1ccccc1. The van der Waals surface area contributed by atoms with Gasteiger partial charge in [-0.2, -0.15) is 10.1 Å². The third-order valence-electron chi connectivity index (χ3n) is 3.92. The molecule has 2 aromatic carbocycles. The predicted molar refractivity (Wildman–Crippen MR) is 109 cm³/mol. The molecule has 2 aliphatic rings. The van der Waals surface area contributed by atoms with E-state index in [0.717, 1.165) is 5.56 Å². The Morgan fingerprint density at radius 2 is 1.77 bits per heavy atom. The van der Waals surface area contributed by atoms with Gasteiger partial charge in [0.1, 0.15) is 5.04 Å². The van der Waals surface area contributed by atoms with Gasteiger partial charge in [-0.15, -0.1) is 11.6 Å². The van der Waals surface area contributed by atoms with Gasteiger partial charge >= 0.3 is 0 Å². The molecule has 0 saturated carbocycles. The van der Waals surface area contributed by atoms with Gasteiger partial charge in [-0.1, -0.05) is 48.5 Å². The molecule has 2 aliphatic heterocycles. The summed E-state index contributed by atoms with van der Waals surface area (Å²) in [6, 6.07) is 18.6. The van der Waals surface area contributed by atoms with Crippen LogP contribution in [0.1, 0.15) is 22.1 Å². The Labute approximate surface area is 165 Å². The number of amides is 1. The van der Waals surface area contributed by atoms with Crippen LogP contribution in [0.4, 0.5) is 0 Å². The van der Waals surface area contributed by atoms with E-state index in [-0.39, 0.29) is 11.8 Å². The Morgan fingerprint density at radius 1 is 1.12 bits per heavy atom. The monoisotopic (exact) mass is 400 g/mol. The fourth-order valence-corrected chi connectivity index (χ4v) is 4.06. The van der Waals surface area contributed by atoms with Gasteiger partial charge in [0.25, 0.3) is 5.91 Å². The number of hydrazone groups is 1. The van der Waals surface area contributed by atoms with Crippen LogP contribution in [-0.4, -0.2) is 37.0 Å². The Hall–Kier alpha value is -2.22. The van der Waals surface area contributed by atoms with Crippen LogP contribution in [-0.2, 0) is 0 Å². The maximum atomic E-state index is 13.2. The van der Waals surface area contributed by atoms with Crippen LogP contribution in [0.3, 0.4) is 0 Å². The van der Waals surface area contributed by atoms with E-state index in [4.69, 9.17) is 28.8 Å². The number of hydrogen-bond donors (Lipinski definition) is 0. The lowest BCUT2D eigenvalue weighted by atomic mass is 10.1. The van der Waals surface area contributed by atoms with Crippen molar-refractivity contribution in [3.05, 3.63) is 71.8 Å². The summed E-state index contributed by atoms with van der Waals surface area (Å²) in [7, 11) is 0. The summed E-state index contributed by atoms with van der Waals surface area (Å²) >= 11 is 12.9. The highest BCUT2D eigenvalue weighted by molar-refractivity contribution is 8.27. The van der Waals surface area contributed by atoms with Crippen LogP contribution in [0.5, 0.6) is 0 Å². The van der Waals surface area contributed by atoms with Crippen LogP contribution in [0.2, 0.25) is 0 Å². The summed E-state index contributed by atoms with van der Waals surface area (Å²) in [4.78, 5) is 19.4. The number of carbonyl (C=O) groups excluding carboxylic acids is 1. The maximum absolute atomic E-state index is 13.2. The number of fused-ring (bicyclic) bond motifs is 1. The number of amidine groups is 1. The van der Waals surface area contributed by atoms with Gasteiger partial charge < -0.3 is 0 Å². The van der Waals surface area contributed by atoms with Crippen molar-refractivity contribution in [1.29, 1.82) is 0 Å². The zero-order valence-corrected chi connectivity index (χ0v) is 15.8. The summed E-state index contributed by atoms with van der Waals surface area (Å²) in [5.74, 6) is 0.0533. The summed E-state index contributed by atoms with van der Waals surface area (Å²) < 4.78 is 0. The Bertz CT molecular complexity index is 917. The van der Waals surface area contributed by atoms with Crippen LogP contribution >= 0.6 is 35.6 Å². The highest BCUT2D eigenvalue weighted by atomic mass is 35.5. The first kappa shape index (κ1) is 17.2. The van der Waals surface area contributed by atoms with Crippen molar-refractivity contribution in [3.63, 3.8) is 0 Å². The van der Waals surface area contributed by atoms with E-state index >= 15 is 0 Å². The molecule has 5 nitrogen and oxygen atoms in total. The number of thiocarbonyl (C=S) groups is 1. The molecule has 0 fully saturated rings. The lowest BCUT2D eigenvalue weighted by molar-refractivity contribution is 0.0788. The van der Waals surface area contributed by atoms with Crippen molar-refractivity contribution in [2.45, 2.75) is 6.17 Å². The molecule has 0 aromatic heterocycles. The van der Waals surface area contributed by atoms with Gasteiger partial charge in [-0.05, 0) is 41.7 Å². The molecule has 0 radical (unpaired) electrons. The molecular weight excluding hydrogens is 388 g/mol. The van der Waals surface area contributed by atoms with E-state index < -0.39 is 6.17 Å². The zero-order chi connectivity index (χ0) is 18.1. The number of rotatable bonds is 3. The molecular formula is C18H13ClN4OS2. The summed E-state index contributed by atoms with van der Waals surface area (Å²) in [6.07, 6.45) is -0.542. The minimum atomic E-state index is -0.542. The number of aliphatic imine (C=N–C) groups is 1. The van der Waals surface area contributed by atoms with Crippen LogP contribution in [0.15, 0.2) is 70.8 Å². The van der Waals surface area contributed by atoms with Crippen molar-refractivity contribution in [2.24, 2.45) is 10.1 Å². The number of nitrogens with zero attached hydrogens (tertiary/aromatic N) is 4. The van der Waals surface area contributed by atoms with Crippen LogP contribution in [0, 0.1) is 0 Å². The molecule has 26 heavy (non-hydrogen) atoms. The number of hydrogen-bond acceptors (Lipinski definition) is 5. The third kappa shape index (κ3) is 3.02. The molecule has 2 heterocycles. The minimum Gasteiger partial charge on any atom is -0.269 e. The van der Waals surface area contributed by atoms with Gasteiger partial charge in [0.2, 0.25) is 5.11 Å². The summed E-state index contributed by atoms with van der Waals surface area (Å²) in [5.41, 5.74) is 1.43. The second-order valence-electron chi connectivity index (χ2n) is 5.56. The molecule has 0 N–H and O–H groups in total. The molecule has 1 unspecified atom stereocenters. The highest BCUT2D eigenvalue weighted by Crippen LogP contribution is 2.35. The van der Waals surface area contributed by atoms with Gasteiger partial charge in [0.15, 0.2) is 11.3 Å². The number of thioether (sulfide) groups is 1. The first-order valence-corrected chi connectivity index (χ1v) is 9.61. The zero-order valence-electron chi connectivity index (χ0n) is 13.4. The Morgan fingerprint density at radius 3 is 2.42 bits per heavy atom. The Kier molecular flexibility index (Phi) is 4.76. The van der Waals surface area contributed by atoms with Gasteiger partial charge in [0.05, 0.1) is 5.88 Å². The third-order valence-corrected chi connectivity index (χ3v) is 5.62. The summed E-state index contributed by atoms with van der Waals surface area (Å²) in [6.45, 7) is 0. The van der Waals surface area contributed by atoms with E-state index in [1.807, 2.05) is 48.5 Å². The fraction of sp³-hybridized carbons (Fsp3) is 0.111. The lowest BCUT2D eigenvalue weighted by Gasteiger charge is -2.36. The first-order chi connectivity index (χ1) is 12.7. The second kappa shape index (κ2) is 7.19. The van der Waals surface area contributed by atoms with Gasteiger partial charge in [-0.3, -0.25) is 9.69 Å². The highest BCUT2D eigenvalue weighted by Gasteiger charge is 2.41. The van der Waals surface area contributed by atoms with Gasteiger partial charge in [-0.25, -0.2) is 4.99 Å². The molecule has 8 heteroatoms. The quantitative estimate of drug-likeness (QED) is 0.575. The average molecular weight is 401 g/mol. The molecule has 130 valence electrons. The largest absolute Gasteiger partial charge is 0.269 e. The van der Waals surface area contributed by atoms with Crippen molar-refractivity contribution in [3.8, 4) is 0 Å². The fourth-order valence-electron chi connectivity index (χ4n) is 2.72. The second-order valence-corrected chi connectivity index (χ2v) is 7.23. The average Bonchev–Trinajstić information content (AvgIpc) is 3.12. The molecule has 0 spiro atoms. The van der Waals surface area contributed by atoms with E-state index in [1.54, 1.807) is 12.1 Å². The Balaban J connectivity index is 1.80. The van der Waals surface area contributed by atoms with Crippen molar-refractivity contribution in [1.82, 2.24) is 9.91 Å². The smallest absolute Gasteiger partial charge is 0.262 e. The predicted octanol–water partition coefficient (Wildman–Crippen LogP) is 4.08. The van der Waals surface area contributed by atoms with Crippen LogP contribution < -0.4 is 0 Å². The van der Waals surface area contributed by atoms with E-state index in [2.05, 4.69) is 5.10 Å². The van der Waals surface area contributed by atoms with Crippen molar-refractivity contribution in [2.75, 3.05) is 5.88 Å². The summed E-state index contributed by atoms with van der Waals surface area (Å²) in [5, 5.41) is 7.53. The molecule has 0 saturated heterocycles. The van der Waals surface area contributed by atoms with Crippen molar-refractivity contribution < 1.29 is 4.79 Å².